The molecule has 1 rings (SSSR count). The Morgan fingerprint density at radius 1 is 0.850 bits per heavy atom. The Labute approximate surface area is 233 Å². The van der Waals surface area contributed by atoms with Crippen molar-refractivity contribution >= 4 is 35.6 Å². The SMILES string of the molecule is CC(C)CC(N)C(=O)NC(CCCN=C(N)N)C(=O)NC(CCC(=O)O)C(=O)NC(Cc1ccccc1)C(=O)O. The smallest absolute Gasteiger partial charge is 0.326 e. The fourth-order valence-electron chi connectivity index (χ4n) is 3.80. The predicted molar refractivity (Wildman–Crippen MR) is 148 cm³/mol. The van der Waals surface area contributed by atoms with E-state index in [0.717, 1.165) is 0 Å². The van der Waals surface area contributed by atoms with Crippen LogP contribution >= 0.6 is 0 Å². The Bertz CT molecular complexity index is 1030. The molecular weight excluding hydrogens is 522 g/mol. The molecule has 3 amide bonds. The minimum absolute atomic E-state index is 0.0290. The second-order valence-electron chi connectivity index (χ2n) is 9.83. The highest BCUT2D eigenvalue weighted by Crippen LogP contribution is 2.08. The lowest BCUT2D eigenvalue weighted by atomic mass is 10.0. The highest BCUT2D eigenvalue weighted by molar-refractivity contribution is 5.94. The first-order chi connectivity index (χ1) is 18.8. The molecule has 0 saturated heterocycles. The molecule has 14 heteroatoms. The van der Waals surface area contributed by atoms with Gasteiger partial charge in [0, 0.05) is 19.4 Å². The van der Waals surface area contributed by atoms with Gasteiger partial charge in [0.1, 0.15) is 18.1 Å². The van der Waals surface area contributed by atoms with Crippen LogP contribution in [-0.4, -0.2) is 76.5 Å². The lowest BCUT2D eigenvalue weighted by Crippen LogP contribution is -2.57. The third kappa shape index (κ3) is 13.6. The predicted octanol–water partition coefficient (Wildman–Crippen LogP) is -0.940. The molecule has 222 valence electrons. The highest BCUT2D eigenvalue weighted by Gasteiger charge is 2.30. The summed E-state index contributed by atoms with van der Waals surface area (Å²) in [6.07, 6.45) is -0.0716. The van der Waals surface area contributed by atoms with Crippen LogP contribution in [0.3, 0.4) is 0 Å². The standard InChI is InChI=1S/C26H41N7O7/c1-15(2)13-17(27)22(36)31-18(9-6-12-30-26(28)29)23(37)32-19(10-11-21(34)35)24(38)33-20(25(39)40)14-16-7-4-3-5-8-16/h3-5,7-8,15,17-20H,6,9-14,27H2,1-2H3,(H,31,36)(H,32,37)(H,33,38)(H,34,35)(H,39,40)(H4,28,29,30). The van der Waals surface area contributed by atoms with Crippen LogP contribution in [0.25, 0.3) is 0 Å². The summed E-state index contributed by atoms with van der Waals surface area (Å²) in [6, 6.07) is 3.87. The molecule has 0 aromatic heterocycles. The zero-order chi connectivity index (χ0) is 30.2. The van der Waals surface area contributed by atoms with Gasteiger partial charge in [0.25, 0.3) is 0 Å². The van der Waals surface area contributed by atoms with Gasteiger partial charge in [0.15, 0.2) is 5.96 Å². The molecule has 14 nitrogen and oxygen atoms in total. The average molecular weight is 564 g/mol. The van der Waals surface area contributed by atoms with Crippen molar-refractivity contribution in [3.05, 3.63) is 35.9 Å². The van der Waals surface area contributed by atoms with Crippen LogP contribution in [0.2, 0.25) is 0 Å². The third-order valence-electron chi connectivity index (χ3n) is 5.82. The van der Waals surface area contributed by atoms with E-state index < -0.39 is 60.2 Å². The summed E-state index contributed by atoms with van der Waals surface area (Å²) in [4.78, 5) is 65.8. The minimum Gasteiger partial charge on any atom is -0.481 e. The fourth-order valence-corrected chi connectivity index (χ4v) is 3.80. The maximum absolute atomic E-state index is 13.2. The van der Waals surface area contributed by atoms with Gasteiger partial charge in [-0.05, 0) is 37.2 Å². The highest BCUT2D eigenvalue weighted by atomic mass is 16.4. The van der Waals surface area contributed by atoms with Gasteiger partial charge < -0.3 is 43.4 Å². The van der Waals surface area contributed by atoms with Crippen molar-refractivity contribution < 1.29 is 34.2 Å². The summed E-state index contributed by atoms with van der Waals surface area (Å²) >= 11 is 0. The van der Waals surface area contributed by atoms with E-state index in [1.165, 1.54) is 0 Å². The van der Waals surface area contributed by atoms with Gasteiger partial charge >= 0.3 is 11.9 Å². The number of carbonyl (C=O) groups is 5. The second-order valence-corrected chi connectivity index (χ2v) is 9.83. The van der Waals surface area contributed by atoms with Crippen LogP contribution in [0, 0.1) is 5.92 Å². The van der Waals surface area contributed by atoms with Crippen molar-refractivity contribution in [2.75, 3.05) is 6.54 Å². The number of carboxylic acids is 2. The van der Waals surface area contributed by atoms with Crippen molar-refractivity contribution in [1.82, 2.24) is 16.0 Å². The number of nitrogens with zero attached hydrogens (tertiary/aromatic N) is 1. The van der Waals surface area contributed by atoms with Crippen LogP contribution in [0.1, 0.15) is 51.5 Å². The number of nitrogens with one attached hydrogen (secondary N) is 3. The lowest BCUT2D eigenvalue weighted by Gasteiger charge is -2.25. The average Bonchev–Trinajstić information content (AvgIpc) is 2.87. The third-order valence-corrected chi connectivity index (χ3v) is 5.82. The Morgan fingerprint density at radius 3 is 1.93 bits per heavy atom. The summed E-state index contributed by atoms with van der Waals surface area (Å²) in [5.74, 6) is -4.75. The fraction of sp³-hybridized carbons (Fsp3) is 0.538. The Kier molecular flexibility index (Phi) is 14.7. The summed E-state index contributed by atoms with van der Waals surface area (Å²) in [5.41, 5.74) is 17.3. The van der Waals surface area contributed by atoms with E-state index in [1.54, 1.807) is 30.3 Å². The lowest BCUT2D eigenvalue weighted by molar-refractivity contribution is -0.143. The molecule has 11 N–H and O–H groups in total. The number of nitrogens with two attached hydrogens (primary N) is 3. The molecule has 0 aliphatic rings. The molecule has 0 fully saturated rings. The van der Waals surface area contributed by atoms with Crippen molar-refractivity contribution in [3.63, 3.8) is 0 Å². The normalized spacial score (nSPS) is 13.8. The number of hydrogen-bond acceptors (Lipinski definition) is 7. The van der Waals surface area contributed by atoms with Gasteiger partial charge in [-0.1, -0.05) is 44.2 Å². The molecule has 0 aliphatic carbocycles. The number of hydrogen-bond donors (Lipinski definition) is 8. The van der Waals surface area contributed by atoms with Crippen LogP contribution < -0.4 is 33.2 Å². The Balaban J connectivity index is 3.08. The molecule has 0 heterocycles. The van der Waals surface area contributed by atoms with Crippen LogP contribution in [0.4, 0.5) is 0 Å². The number of amides is 3. The van der Waals surface area contributed by atoms with Crippen molar-refractivity contribution in [2.24, 2.45) is 28.1 Å². The molecule has 0 radical (unpaired) electrons. The number of benzene rings is 1. The zero-order valence-corrected chi connectivity index (χ0v) is 22.8. The van der Waals surface area contributed by atoms with Gasteiger partial charge in [-0.2, -0.15) is 0 Å². The molecule has 1 aromatic carbocycles. The first-order valence-corrected chi connectivity index (χ1v) is 13.0. The van der Waals surface area contributed by atoms with E-state index in [0.29, 0.717) is 18.4 Å². The quantitative estimate of drug-likeness (QED) is 0.0618. The van der Waals surface area contributed by atoms with Crippen LogP contribution in [-0.2, 0) is 30.4 Å². The van der Waals surface area contributed by atoms with Gasteiger partial charge in [-0.15, -0.1) is 0 Å². The summed E-state index contributed by atoms with van der Waals surface area (Å²) in [6.45, 7) is 3.95. The number of aliphatic imine (C=N–C) groups is 1. The number of aliphatic carboxylic acids is 2. The molecule has 0 saturated carbocycles. The monoisotopic (exact) mass is 563 g/mol. The summed E-state index contributed by atoms with van der Waals surface area (Å²) < 4.78 is 0. The first-order valence-electron chi connectivity index (χ1n) is 13.0. The van der Waals surface area contributed by atoms with E-state index in [2.05, 4.69) is 20.9 Å². The van der Waals surface area contributed by atoms with Crippen LogP contribution in [0.15, 0.2) is 35.3 Å². The van der Waals surface area contributed by atoms with E-state index in [-0.39, 0.29) is 37.7 Å². The largest absolute Gasteiger partial charge is 0.481 e. The summed E-state index contributed by atoms with van der Waals surface area (Å²) in [7, 11) is 0. The van der Waals surface area contributed by atoms with E-state index in [1.807, 2.05) is 13.8 Å². The maximum atomic E-state index is 13.2. The van der Waals surface area contributed by atoms with Gasteiger partial charge in [-0.3, -0.25) is 24.2 Å². The second kappa shape index (κ2) is 17.4. The Hall–Kier alpha value is -4.20. The van der Waals surface area contributed by atoms with E-state index >= 15 is 0 Å². The number of carbonyl (C=O) groups excluding carboxylic acids is 3. The molecule has 0 bridgehead atoms. The van der Waals surface area contributed by atoms with Crippen molar-refractivity contribution in [1.29, 1.82) is 0 Å². The molecule has 0 aliphatic heterocycles. The molecule has 1 aromatic rings. The zero-order valence-electron chi connectivity index (χ0n) is 22.8. The summed E-state index contributed by atoms with van der Waals surface area (Å²) in [5, 5.41) is 26.2. The molecular formula is C26H41N7O7. The van der Waals surface area contributed by atoms with Crippen molar-refractivity contribution in [2.45, 2.75) is 76.5 Å². The molecule has 40 heavy (non-hydrogen) atoms. The number of carboxylic acid groups (broad SMARTS) is 2. The molecule has 4 atom stereocenters. The minimum atomic E-state index is -1.39. The Morgan fingerprint density at radius 2 is 1.40 bits per heavy atom. The molecule has 4 unspecified atom stereocenters. The van der Waals surface area contributed by atoms with E-state index in [9.17, 15) is 29.1 Å². The van der Waals surface area contributed by atoms with Gasteiger partial charge in [0.05, 0.1) is 6.04 Å². The first kappa shape index (κ1) is 33.8. The maximum Gasteiger partial charge on any atom is 0.326 e. The topological polar surface area (TPSA) is 252 Å². The van der Waals surface area contributed by atoms with Gasteiger partial charge in [-0.25, -0.2) is 4.79 Å². The van der Waals surface area contributed by atoms with Gasteiger partial charge in [0.2, 0.25) is 17.7 Å². The van der Waals surface area contributed by atoms with Crippen LogP contribution in [0.5, 0.6) is 0 Å². The number of rotatable bonds is 18. The van der Waals surface area contributed by atoms with E-state index in [4.69, 9.17) is 22.3 Å². The number of guanidine groups is 1. The molecule has 0 spiro atoms. The van der Waals surface area contributed by atoms with Crippen molar-refractivity contribution in [3.8, 4) is 0 Å².